The molecule has 1 aromatic heterocycles. The molecule has 1 aliphatic rings. The van der Waals surface area contributed by atoms with Gasteiger partial charge in [-0.15, -0.1) is 12.4 Å². The third kappa shape index (κ3) is 4.18. The molecule has 2 heterocycles. The molecular weight excluding hydrogens is 378 g/mol. The normalized spacial score (nSPS) is 25.6. The standard InChI is InChI=1S/C14H20F2N4O5.ClH/c1-6(2)9(17)11(23)18-8-3-4-20(13(24)19-8)12-14(15,16)10(22)7(5-21)25-12;/h3-4,6-7,9-10,12,21-22H,5,17H2,1-2H3,(H,18,19,23,24);1H/t7-,9?,10-,12-;/m1./s1. The lowest BCUT2D eigenvalue weighted by Gasteiger charge is -2.21. The van der Waals surface area contributed by atoms with Crippen LogP contribution in [0.25, 0.3) is 0 Å². The minimum Gasteiger partial charge on any atom is -0.394 e. The van der Waals surface area contributed by atoms with Crippen LogP contribution in [0, 0.1) is 5.92 Å². The van der Waals surface area contributed by atoms with E-state index in [1.807, 2.05) is 0 Å². The van der Waals surface area contributed by atoms with E-state index in [9.17, 15) is 23.5 Å². The molecule has 1 aromatic rings. The van der Waals surface area contributed by atoms with Crippen LogP contribution in [-0.2, 0) is 9.53 Å². The first-order valence-electron chi connectivity index (χ1n) is 7.57. The van der Waals surface area contributed by atoms with Crippen LogP contribution >= 0.6 is 12.4 Å². The summed E-state index contributed by atoms with van der Waals surface area (Å²) in [5.74, 6) is -4.67. The number of carbonyl (C=O) groups is 1. The van der Waals surface area contributed by atoms with Crippen molar-refractivity contribution >= 4 is 24.1 Å². The van der Waals surface area contributed by atoms with E-state index in [2.05, 4.69) is 10.3 Å². The number of halogens is 3. The summed E-state index contributed by atoms with van der Waals surface area (Å²) < 4.78 is 33.4. The molecule has 26 heavy (non-hydrogen) atoms. The van der Waals surface area contributed by atoms with Gasteiger partial charge in [0.1, 0.15) is 11.9 Å². The largest absolute Gasteiger partial charge is 0.394 e. The number of aliphatic hydroxyl groups is 2. The maximum absolute atomic E-state index is 14.1. The molecule has 12 heteroatoms. The number of nitrogens with one attached hydrogen (secondary N) is 1. The summed E-state index contributed by atoms with van der Waals surface area (Å²) in [5.41, 5.74) is 4.54. The van der Waals surface area contributed by atoms with Gasteiger partial charge in [0, 0.05) is 6.20 Å². The molecule has 2 rings (SSSR count). The molecule has 0 spiro atoms. The summed E-state index contributed by atoms with van der Waals surface area (Å²) in [6.07, 6.45) is -4.97. The van der Waals surface area contributed by atoms with Gasteiger partial charge in [0.15, 0.2) is 6.10 Å². The average molecular weight is 399 g/mol. The fourth-order valence-corrected chi connectivity index (χ4v) is 2.29. The Bertz CT molecular complexity index is 702. The predicted octanol–water partition coefficient (Wildman–Crippen LogP) is -0.527. The first-order valence-corrected chi connectivity index (χ1v) is 7.57. The number of aromatic nitrogens is 2. The van der Waals surface area contributed by atoms with Crippen molar-refractivity contribution < 1.29 is 28.5 Å². The van der Waals surface area contributed by atoms with Crippen LogP contribution in [-0.4, -0.2) is 56.5 Å². The Hall–Kier alpha value is -1.66. The zero-order valence-electron chi connectivity index (χ0n) is 14.0. The molecule has 1 aliphatic heterocycles. The van der Waals surface area contributed by atoms with Gasteiger partial charge in [0.05, 0.1) is 12.6 Å². The Kier molecular flexibility index (Phi) is 7.19. The SMILES string of the molecule is CC(C)C(N)C(=O)Nc1ccn([C@@H]2O[C@H](CO)[C@@H](O)C2(F)F)c(=O)n1.Cl. The van der Waals surface area contributed by atoms with Gasteiger partial charge < -0.3 is 26.0 Å². The second-order valence-corrected chi connectivity index (χ2v) is 6.09. The smallest absolute Gasteiger partial charge is 0.351 e. The van der Waals surface area contributed by atoms with Crippen molar-refractivity contribution in [3.8, 4) is 0 Å². The minimum absolute atomic E-state index is 0. The highest BCUT2D eigenvalue weighted by atomic mass is 35.5. The van der Waals surface area contributed by atoms with Gasteiger partial charge in [-0.1, -0.05) is 13.8 Å². The number of anilines is 1. The molecule has 5 N–H and O–H groups in total. The fraction of sp³-hybridized carbons (Fsp3) is 0.643. The molecule has 0 aromatic carbocycles. The third-order valence-corrected chi connectivity index (χ3v) is 3.91. The predicted molar refractivity (Wildman–Crippen MR) is 89.1 cm³/mol. The van der Waals surface area contributed by atoms with Crippen molar-refractivity contribution in [1.82, 2.24) is 9.55 Å². The topological polar surface area (TPSA) is 140 Å². The summed E-state index contributed by atoms with van der Waals surface area (Å²) >= 11 is 0. The Morgan fingerprint density at radius 3 is 2.62 bits per heavy atom. The van der Waals surface area contributed by atoms with Gasteiger partial charge in [-0.3, -0.25) is 9.36 Å². The van der Waals surface area contributed by atoms with E-state index in [1.54, 1.807) is 13.8 Å². The number of rotatable bonds is 5. The average Bonchev–Trinajstić information content (AvgIpc) is 2.77. The number of ether oxygens (including phenoxy) is 1. The van der Waals surface area contributed by atoms with Crippen LogP contribution < -0.4 is 16.7 Å². The number of carbonyl (C=O) groups excluding carboxylic acids is 1. The van der Waals surface area contributed by atoms with Crippen molar-refractivity contribution in [2.24, 2.45) is 11.7 Å². The summed E-state index contributed by atoms with van der Waals surface area (Å²) in [6, 6.07) is 0.303. The zero-order chi connectivity index (χ0) is 18.9. The summed E-state index contributed by atoms with van der Waals surface area (Å²) in [6.45, 7) is 2.63. The fourth-order valence-electron chi connectivity index (χ4n) is 2.29. The van der Waals surface area contributed by atoms with Crippen LogP contribution in [0.15, 0.2) is 17.1 Å². The first kappa shape index (κ1) is 22.4. The minimum atomic E-state index is -3.80. The molecule has 1 unspecified atom stereocenters. The lowest BCUT2D eigenvalue weighted by atomic mass is 10.1. The van der Waals surface area contributed by atoms with Crippen molar-refractivity contribution in [3.63, 3.8) is 0 Å². The Labute approximate surface area is 153 Å². The molecule has 1 saturated heterocycles. The Morgan fingerprint density at radius 1 is 1.54 bits per heavy atom. The lowest BCUT2D eigenvalue weighted by molar-refractivity contribution is -0.141. The van der Waals surface area contributed by atoms with E-state index in [-0.39, 0.29) is 24.1 Å². The monoisotopic (exact) mass is 398 g/mol. The number of aliphatic hydroxyl groups excluding tert-OH is 2. The van der Waals surface area contributed by atoms with Gasteiger partial charge in [-0.2, -0.15) is 13.8 Å². The highest BCUT2D eigenvalue weighted by molar-refractivity contribution is 5.93. The molecule has 0 radical (unpaired) electrons. The number of nitrogens with two attached hydrogens (primary N) is 1. The van der Waals surface area contributed by atoms with E-state index in [0.717, 1.165) is 12.3 Å². The summed E-state index contributed by atoms with van der Waals surface area (Å²) in [7, 11) is 0. The molecule has 4 atom stereocenters. The lowest BCUT2D eigenvalue weighted by Crippen LogP contribution is -2.42. The third-order valence-electron chi connectivity index (χ3n) is 3.91. The van der Waals surface area contributed by atoms with Crippen molar-refractivity contribution in [2.45, 2.75) is 44.2 Å². The maximum Gasteiger partial charge on any atom is 0.351 e. The van der Waals surface area contributed by atoms with Crippen LogP contribution in [0.3, 0.4) is 0 Å². The Balaban J connectivity index is 0.00000338. The number of alkyl halides is 2. The molecule has 1 fully saturated rings. The van der Waals surface area contributed by atoms with Gasteiger partial charge in [0.2, 0.25) is 12.1 Å². The Morgan fingerprint density at radius 2 is 2.15 bits per heavy atom. The maximum atomic E-state index is 14.1. The number of amides is 1. The van der Waals surface area contributed by atoms with E-state index < -0.39 is 48.6 Å². The van der Waals surface area contributed by atoms with E-state index >= 15 is 0 Å². The van der Waals surface area contributed by atoms with E-state index in [1.165, 1.54) is 0 Å². The highest BCUT2D eigenvalue weighted by Crippen LogP contribution is 2.41. The zero-order valence-corrected chi connectivity index (χ0v) is 14.8. The summed E-state index contributed by atoms with van der Waals surface area (Å²) in [4.78, 5) is 27.4. The molecule has 1 amide bonds. The van der Waals surface area contributed by atoms with Gasteiger partial charge >= 0.3 is 11.6 Å². The molecule has 0 saturated carbocycles. The van der Waals surface area contributed by atoms with Crippen LogP contribution in [0.2, 0.25) is 0 Å². The van der Waals surface area contributed by atoms with Crippen molar-refractivity contribution in [2.75, 3.05) is 11.9 Å². The molecule has 0 aliphatic carbocycles. The van der Waals surface area contributed by atoms with Gasteiger partial charge in [-0.25, -0.2) is 4.79 Å². The van der Waals surface area contributed by atoms with Crippen LogP contribution in [0.5, 0.6) is 0 Å². The van der Waals surface area contributed by atoms with Gasteiger partial charge in [0.25, 0.3) is 0 Å². The van der Waals surface area contributed by atoms with Crippen LogP contribution in [0.1, 0.15) is 20.1 Å². The molecule has 148 valence electrons. The molecule has 9 nitrogen and oxygen atoms in total. The quantitative estimate of drug-likeness (QED) is 0.522. The summed E-state index contributed by atoms with van der Waals surface area (Å²) in [5, 5.41) is 20.8. The highest BCUT2D eigenvalue weighted by Gasteiger charge is 2.59. The van der Waals surface area contributed by atoms with Crippen molar-refractivity contribution in [3.05, 3.63) is 22.7 Å². The number of hydrogen-bond acceptors (Lipinski definition) is 7. The number of hydrogen-bond donors (Lipinski definition) is 4. The number of nitrogens with zero attached hydrogens (tertiary/aromatic N) is 2. The van der Waals surface area contributed by atoms with E-state index in [0.29, 0.717) is 4.57 Å². The van der Waals surface area contributed by atoms with E-state index in [4.69, 9.17) is 15.6 Å². The van der Waals surface area contributed by atoms with Crippen LogP contribution in [0.4, 0.5) is 14.6 Å². The second kappa shape index (κ2) is 8.35. The molecule has 0 bridgehead atoms. The molecular formula is C14H21ClF2N4O5. The first-order chi connectivity index (χ1) is 11.6. The van der Waals surface area contributed by atoms with Gasteiger partial charge in [-0.05, 0) is 12.0 Å². The van der Waals surface area contributed by atoms with Crippen molar-refractivity contribution in [1.29, 1.82) is 0 Å². The second-order valence-electron chi connectivity index (χ2n) is 6.09.